The summed E-state index contributed by atoms with van der Waals surface area (Å²) < 4.78 is 27.1. The molecule has 1 saturated heterocycles. The quantitative estimate of drug-likeness (QED) is 0.0128. The van der Waals surface area contributed by atoms with E-state index in [1.54, 1.807) is 31.4 Å². The number of pyridine rings is 2. The van der Waals surface area contributed by atoms with E-state index in [4.69, 9.17) is 29.8 Å². The maximum absolute atomic E-state index is 14.8. The van der Waals surface area contributed by atoms with Crippen molar-refractivity contribution in [2.24, 2.45) is 17.2 Å². The number of aromatic nitrogens is 2. The first-order valence-electron chi connectivity index (χ1n) is 27.3. The predicted octanol–water partition coefficient (Wildman–Crippen LogP) is 6.11. The van der Waals surface area contributed by atoms with Crippen molar-refractivity contribution < 1.29 is 98.9 Å². The van der Waals surface area contributed by atoms with E-state index in [9.17, 15) is 28.8 Å². The number of hydroxylamine groups is 1. The van der Waals surface area contributed by atoms with Crippen molar-refractivity contribution in [3.8, 4) is 11.4 Å². The van der Waals surface area contributed by atoms with Gasteiger partial charge in [-0.05, 0) is 110 Å². The summed E-state index contributed by atoms with van der Waals surface area (Å²) in [4.78, 5) is 67.6. The van der Waals surface area contributed by atoms with E-state index in [0.717, 1.165) is 45.3 Å². The van der Waals surface area contributed by atoms with Crippen molar-refractivity contribution in [3.05, 3.63) is 110 Å². The van der Waals surface area contributed by atoms with Crippen LogP contribution in [0.3, 0.4) is 0 Å². The minimum atomic E-state index is -0.509. The van der Waals surface area contributed by atoms with Crippen LogP contribution in [0.25, 0.3) is 27.6 Å². The Balaban J connectivity index is -0.000000257. The van der Waals surface area contributed by atoms with Crippen LogP contribution in [0.2, 0.25) is 0 Å². The van der Waals surface area contributed by atoms with Crippen molar-refractivity contribution in [1.29, 1.82) is 0 Å². The zero-order valence-corrected chi connectivity index (χ0v) is 56.7. The monoisotopic (exact) mass is 1200 g/mol. The Labute approximate surface area is 537 Å². The van der Waals surface area contributed by atoms with E-state index in [1.807, 2.05) is 105 Å². The molecular formula is C60H106FKN10O9P+. The summed E-state index contributed by atoms with van der Waals surface area (Å²) in [5.41, 5.74) is 21.1. The first-order valence-corrected chi connectivity index (χ1v) is 28.4. The van der Waals surface area contributed by atoms with Crippen LogP contribution in [0.5, 0.6) is 0 Å². The van der Waals surface area contributed by atoms with E-state index in [-0.39, 0.29) is 132 Å². The fourth-order valence-electron chi connectivity index (χ4n) is 8.00. The van der Waals surface area contributed by atoms with E-state index in [1.165, 1.54) is 24.4 Å². The van der Waals surface area contributed by atoms with Crippen molar-refractivity contribution in [1.82, 2.24) is 20.2 Å². The van der Waals surface area contributed by atoms with Gasteiger partial charge in [-0.3, -0.25) is 39.7 Å². The number of aryl methyl sites for hydroxylation is 1. The third-order valence-corrected chi connectivity index (χ3v) is 12.7. The molecule has 9 N–H and O–H groups in total. The Hall–Kier alpha value is -4.19. The Kier molecular flexibility index (Phi) is 55.6. The molecule has 0 bridgehead atoms. The SMILES string of the molecule is C.C=C1CC(C)(C)[N@+]1(C)CN.C=O.CC.CC.CC.CCN(O)c1cc2n(c(=O)c1COC=O)Cc1cc3c(CCC(C)NC)c(C)c(F)cc3nc1-2.CC[N-]C(CC(=O)NCO[C@@H](C)C=O)Cc1ccccc1.CN.CP.NC=O.[K+]. The largest absolute Gasteiger partial charge is 1.00 e. The van der Waals surface area contributed by atoms with E-state index < -0.39 is 6.10 Å². The third kappa shape index (κ3) is 28.1. The van der Waals surface area contributed by atoms with Gasteiger partial charge in [-0.1, -0.05) is 92.9 Å². The van der Waals surface area contributed by atoms with Gasteiger partial charge < -0.3 is 51.0 Å². The smallest absolute Gasteiger partial charge is 0.659 e. The molecule has 82 heavy (non-hydrogen) atoms. The Morgan fingerprint density at radius 2 is 1.60 bits per heavy atom. The number of nitrogens with two attached hydrogens (primary N) is 3. The molecule has 6 rings (SSSR count). The predicted molar refractivity (Wildman–Crippen MR) is 337 cm³/mol. The van der Waals surface area contributed by atoms with Gasteiger partial charge in [0.05, 0.1) is 48.2 Å². The van der Waals surface area contributed by atoms with Crippen LogP contribution in [0.15, 0.2) is 65.6 Å². The molecule has 2 aromatic heterocycles. The minimum absolute atomic E-state index is 0. The molecule has 22 heteroatoms. The van der Waals surface area contributed by atoms with Gasteiger partial charge in [0.15, 0.2) is 0 Å². The van der Waals surface area contributed by atoms with Gasteiger partial charge in [0.25, 0.3) is 12.0 Å². The van der Waals surface area contributed by atoms with Crippen molar-refractivity contribution in [2.45, 2.75) is 166 Å². The van der Waals surface area contributed by atoms with Gasteiger partial charge in [-0.2, -0.15) is 6.54 Å². The van der Waals surface area contributed by atoms with Crippen LogP contribution in [-0.2, 0) is 59.4 Å². The maximum atomic E-state index is 14.8. The zero-order chi connectivity index (χ0) is 62.8. The Bertz CT molecular complexity index is 2440. The first kappa shape index (κ1) is 89.0. The first-order chi connectivity index (χ1) is 38.3. The molecule has 462 valence electrons. The number of halogens is 1. The molecule has 3 unspecified atom stereocenters. The number of aldehydes is 1. The summed E-state index contributed by atoms with van der Waals surface area (Å²) in [6, 6.07) is 15.3. The summed E-state index contributed by atoms with van der Waals surface area (Å²) in [7, 11) is 7.96. The Morgan fingerprint density at radius 3 is 2.05 bits per heavy atom. The van der Waals surface area contributed by atoms with Crippen LogP contribution in [0.4, 0.5) is 10.1 Å². The number of nitrogens with one attached hydrogen (secondary N) is 2. The molecule has 2 aliphatic rings. The fourth-order valence-corrected chi connectivity index (χ4v) is 8.00. The number of quaternary nitrogens is 1. The molecule has 0 spiro atoms. The molecule has 2 aromatic carbocycles. The number of carbonyl (C=O) groups is 5. The van der Waals surface area contributed by atoms with Crippen molar-refractivity contribution in [3.63, 3.8) is 0 Å². The molecule has 0 radical (unpaired) electrons. The summed E-state index contributed by atoms with van der Waals surface area (Å²) in [5, 5.41) is 22.5. The van der Waals surface area contributed by atoms with E-state index >= 15 is 0 Å². The summed E-state index contributed by atoms with van der Waals surface area (Å²) in [6.45, 7) is 35.5. The minimum Gasteiger partial charge on any atom is -0.659 e. The molecule has 5 atom stereocenters. The molecule has 2 aliphatic heterocycles. The second-order valence-corrected chi connectivity index (χ2v) is 17.5. The number of ether oxygens (including phenoxy) is 2. The van der Waals surface area contributed by atoms with Crippen molar-refractivity contribution >= 4 is 57.7 Å². The van der Waals surface area contributed by atoms with Crippen LogP contribution in [0.1, 0.15) is 138 Å². The number of hydrogen-bond acceptors (Lipinski definition) is 14. The van der Waals surface area contributed by atoms with Crippen LogP contribution < -0.4 is 89.8 Å². The maximum Gasteiger partial charge on any atom is 1.00 e. The number of anilines is 1. The number of rotatable bonds is 20. The molecule has 0 saturated carbocycles. The molecule has 4 aromatic rings. The van der Waals surface area contributed by atoms with Gasteiger partial charge in [0, 0.05) is 36.0 Å². The van der Waals surface area contributed by atoms with Gasteiger partial charge in [-0.15, -0.1) is 15.3 Å². The van der Waals surface area contributed by atoms with Gasteiger partial charge >= 0.3 is 51.4 Å². The Morgan fingerprint density at radius 1 is 1.04 bits per heavy atom. The number of likely N-dealkylation sites (tertiary alicyclic amines) is 1. The van der Waals surface area contributed by atoms with Gasteiger partial charge in [0.1, 0.15) is 56.2 Å². The number of fused-ring (bicyclic) bond motifs is 4. The normalized spacial score (nSPS) is 14.0. The zero-order valence-electron chi connectivity index (χ0n) is 52.4. The number of primary amides is 1. The second-order valence-electron chi connectivity index (χ2n) is 17.5. The van der Waals surface area contributed by atoms with E-state index in [0.29, 0.717) is 66.9 Å². The summed E-state index contributed by atoms with van der Waals surface area (Å²) in [6.07, 6.45) is 4.15. The number of hydrogen-bond donors (Lipinski definition) is 6. The average Bonchev–Trinajstić information content (AvgIpc) is 4.06. The topological polar surface area (TPSA) is 278 Å². The van der Waals surface area contributed by atoms with Crippen LogP contribution >= 0.6 is 9.24 Å². The summed E-state index contributed by atoms with van der Waals surface area (Å²) >= 11 is 0. The summed E-state index contributed by atoms with van der Waals surface area (Å²) in [5.74, 6) is -0.428. The van der Waals surface area contributed by atoms with Gasteiger partial charge in [0.2, 0.25) is 12.3 Å². The standard InChI is InChI=1S/C25H29FN4O4.C16H23N2O3.C8H17N2.3C2H6.CH3NO.CH5N.CH2O.CH5P.CH4.K/c1-5-30(33)22-10-23-24-16(11-29(23)25(32)19(22)12-34-13-31)8-18-17(7-6-14(2)27-4)15(3)20(26)9-21(18)28-24;1-3-17-15(9-14-7-5-4-6-8-14)10-16(20)18-12-21-13(2)11-19;1-7-5-8(2,3)10(7,4)6-9;3*1-2;2-1-3;3*1-2;;/h8-10,13-14,27,33H,5-7,11-12H2,1-4H3;4-8,11,13,15H,3,9-10,12H2,1-2H3,(H,18,20);1,5-6,9H2,2-4H3;3*1-2H3;1H,(H2,2,3);2H2,1H3;1H2;2H2,1H3;1H4;/q;-1;+1;;;;;;;;;+1/t;13-,15?;10-;;;;;;;;;/m.01........./s1. The molecule has 0 aliphatic carbocycles. The van der Waals surface area contributed by atoms with Crippen molar-refractivity contribution in [2.75, 3.05) is 59.4 Å². The molecule has 2 amide bonds. The number of likely N-dealkylation sites (N-methyl/N-ethyl adjacent to an activating group) is 1. The molecule has 19 nitrogen and oxygen atoms in total. The molecule has 1 fully saturated rings. The number of benzene rings is 2. The third-order valence-electron chi connectivity index (χ3n) is 12.7. The number of carbonyl (C=O) groups excluding carboxylic acids is 5. The van der Waals surface area contributed by atoms with Gasteiger partial charge in [-0.25, -0.2) is 9.37 Å². The number of amides is 2. The van der Waals surface area contributed by atoms with E-state index in [2.05, 4.69) is 71.1 Å². The second kappa shape index (κ2) is 51.2. The number of nitrogens with zero attached hydrogens (tertiary/aromatic N) is 5. The molecular weight excluding hydrogens is 1090 g/mol. The van der Waals surface area contributed by atoms with Crippen LogP contribution in [-0.4, -0.2) is 129 Å². The molecule has 4 heterocycles. The van der Waals surface area contributed by atoms with Crippen LogP contribution in [0, 0.1) is 12.7 Å². The average molecular weight is 1200 g/mol. The fraction of sp³-hybridized carbons (Fsp3) is 0.550.